The van der Waals surface area contributed by atoms with Crippen LogP contribution in [0.4, 0.5) is 5.69 Å². The lowest BCUT2D eigenvalue weighted by Crippen LogP contribution is -2.04. The molecule has 1 aromatic heterocycles. The van der Waals surface area contributed by atoms with E-state index in [4.69, 9.17) is 10.5 Å². The molecule has 1 aromatic carbocycles. The second-order valence-electron chi connectivity index (χ2n) is 4.04. The van der Waals surface area contributed by atoms with E-state index in [1.807, 2.05) is 12.1 Å². The molecule has 0 aliphatic rings. The van der Waals surface area contributed by atoms with Crippen LogP contribution < -0.4 is 10.5 Å². The van der Waals surface area contributed by atoms with Crippen LogP contribution in [0.15, 0.2) is 18.2 Å². The zero-order valence-corrected chi connectivity index (χ0v) is 10.6. The van der Waals surface area contributed by atoms with Crippen molar-refractivity contribution in [3.63, 3.8) is 0 Å². The van der Waals surface area contributed by atoms with E-state index in [2.05, 4.69) is 22.4 Å². The highest BCUT2D eigenvalue weighted by molar-refractivity contribution is 5.68. The quantitative estimate of drug-likeness (QED) is 0.814. The van der Waals surface area contributed by atoms with Crippen LogP contribution in [0.5, 0.6) is 5.75 Å². The Balaban J connectivity index is 2.41. The van der Waals surface area contributed by atoms with E-state index in [1.165, 1.54) is 0 Å². The number of hydrogen-bond acceptors (Lipinski definition) is 5. The Morgan fingerprint density at radius 2 is 2.22 bits per heavy atom. The van der Waals surface area contributed by atoms with Crippen molar-refractivity contribution in [3.05, 3.63) is 18.2 Å². The van der Waals surface area contributed by atoms with Gasteiger partial charge in [0.1, 0.15) is 5.75 Å². The Morgan fingerprint density at radius 3 is 2.94 bits per heavy atom. The Hall–Kier alpha value is -2.11. The van der Waals surface area contributed by atoms with E-state index >= 15 is 0 Å². The average Bonchev–Trinajstić information content (AvgIpc) is 2.84. The standard InChI is InChI=1S/C12H17N5O/c1-3-4-7-17-12(14-15-16-17)10-8-9(13)5-6-11(10)18-2/h5-6,8H,3-4,7,13H2,1-2H3. The van der Waals surface area contributed by atoms with E-state index < -0.39 is 0 Å². The maximum atomic E-state index is 5.81. The van der Waals surface area contributed by atoms with Gasteiger partial charge in [0.05, 0.1) is 12.7 Å². The summed E-state index contributed by atoms with van der Waals surface area (Å²) in [5.74, 6) is 1.41. The molecule has 1 heterocycles. The normalized spacial score (nSPS) is 10.6. The van der Waals surface area contributed by atoms with Gasteiger partial charge in [-0.05, 0) is 35.0 Å². The maximum absolute atomic E-state index is 5.81. The van der Waals surface area contributed by atoms with Gasteiger partial charge in [0.25, 0.3) is 0 Å². The molecular weight excluding hydrogens is 230 g/mol. The van der Waals surface area contributed by atoms with Crippen molar-refractivity contribution in [1.82, 2.24) is 20.2 Å². The average molecular weight is 247 g/mol. The summed E-state index contributed by atoms with van der Waals surface area (Å²) in [4.78, 5) is 0. The SMILES string of the molecule is CCCCn1nnnc1-c1cc(N)ccc1OC. The molecule has 2 N–H and O–H groups in total. The van der Waals surface area contributed by atoms with Crippen LogP contribution in [0.25, 0.3) is 11.4 Å². The van der Waals surface area contributed by atoms with E-state index in [1.54, 1.807) is 17.9 Å². The summed E-state index contributed by atoms with van der Waals surface area (Å²) in [6.07, 6.45) is 2.12. The predicted octanol–water partition coefficient (Wildman–Crippen LogP) is 1.73. The van der Waals surface area contributed by atoms with Crippen LogP contribution in [-0.2, 0) is 6.54 Å². The van der Waals surface area contributed by atoms with Gasteiger partial charge in [-0.25, -0.2) is 4.68 Å². The fraction of sp³-hybridized carbons (Fsp3) is 0.417. The Labute approximate surface area is 106 Å². The highest BCUT2D eigenvalue weighted by Crippen LogP contribution is 2.29. The van der Waals surface area contributed by atoms with Crippen molar-refractivity contribution < 1.29 is 4.74 Å². The molecule has 96 valence electrons. The first-order valence-corrected chi connectivity index (χ1v) is 5.96. The van der Waals surface area contributed by atoms with E-state index in [0.29, 0.717) is 11.5 Å². The zero-order valence-electron chi connectivity index (χ0n) is 10.6. The number of ether oxygens (including phenoxy) is 1. The summed E-state index contributed by atoms with van der Waals surface area (Å²) in [6.45, 7) is 2.92. The molecule has 0 saturated heterocycles. The molecular formula is C12H17N5O. The summed E-state index contributed by atoms with van der Waals surface area (Å²) in [5, 5.41) is 11.8. The molecule has 0 unspecified atom stereocenters. The van der Waals surface area contributed by atoms with Crippen LogP contribution in [-0.4, -0.2) is 27.3 Å². The predicted molar refractivity (Wildman–Crippen MR) is 69.1 cm³/mol. The number of anilines is 1. The molecule has 2 aromatic rings. The molecule has 6 heteroatoms. The van der Waals surface area contributed by atoms with Gasteiger partial charge in [0.2, 0.25) is 0 Å². The van der Waals surface area contributed by atoms with E-state index in [9.17, 15) is 0 Å². The molecule has 0 spiro atoms. The van der Waals surface area contributed by atoms with Crippen LogP contribution in [0.1, 0.15) is 19.8 Å². The van der Waals surface area contributed by atoms with E-state index in [0.717, 1.165) is 30.7 Å². The van der Waals surface area contributed by atoms with Crippen LogP contribution in [0, 0.1) is 0 Å². The Morgan fingerprint density at radius 1 is 1.39 bits per heavy atom. The monoisotopic (exact) mass is 247 g/mol. The summed E-state index contributed by atoms with van der Waals surface area (Å²) in [6, 6.07) is 5.44. The third kappa shape index (κ3) is 2.42. The lowest BCUT2D eigenvalue weighted by molar-refractivity contribution is 0.415. The zero-order chi connectivity index (χ0) is 13.0. The van der Waals surface area contributed by atoms with Crippen LogP contribution in [0.3, 0.4) is 0 Å². The number of nitrogen functional groups attached to an aromatic ring is 1. The number of nitrogens with zero attached hydrogens (tertiary/aromatic N) is 4. The van der Waals surface area contributed by atoms with Crippen molar-refractivity contribution in [3.8, 4) is 17.1 Å². The molecule has 0 amide bonds. The van der Waals surface area contributed by atoms with Gasteiger partial charge in [0, 0.05) is 12.2 Å². The van der Waals surface area contributed by atoms with Crippen molar-refractivity contribution in [2.45, 2.75) is 26.3 Å². The molecule has 0 aliphatic carbocycles. The summed E-state index contributed by atoms with van der Waals surface area (Å²) in [5.41, 5.74) is 7.29. The number of rotatable bonds is 5. The highest BCUT2D eigenvalue weighted by Gasteiger charge is 2.13. The lowest BCUT2D eigenvalue weighted by Gasteiger charge is -2.09. The summed E-state index contributed by atoms with van der Waals surface area (Å²) >= 11 is 0. The number of tetrazole rings is 1. The van der Waals surface area contributed by atoms with Crippen molar-refractivity contribution in [1.29, 1.82) is 0 Å². The fourth-order valence-electron chi connectivity index (χ4n) is 1.76. The van der Waals surface area contributed by atoms with Crippen molar-refractivity contribution in [2.24, 2.45) is 0 Å². The largest absolute Gasteiger partial charge is 0.496 e. The summed E-state index contributed by atoms with van der Waals surface area (Å²) in [7, 11) is 1.62. The third-order valence-corrected chi connectivity index (χ3v) is 2.72. The van der Waals surface area contributed by atoms with Crippen molar-refractivity contribution >= 4 is 5.69 Å². The number of unbranched alkanes of at least 4 members (excludes halogenated alkanes) is 1. The van der Waals surface area contributed by atoms with Gasteiger partial charge < -0.3 is 10.5 Å². The molecule has 2 rings (SSSR count). The molecule has 18 heavy (non-hydrogen) atoms. The first-order valence-electron chi connectivity index (χ1n) is 5.96. The minimum absolute atomic E-state index is 0.663. The topological polar surface area (TPSA) is 78.9 Å². The van der Waals surface area contributed by atoms with Crippen LogP contribution in [0.2, 0.25) is 0 Å². The molecule has 0 fully saturated rings. The number of hydrogen-bond donors (Lipinski definition) is 1. The second-order valence-corrected chi connectivity index (χ2v) is 4.04. The van der Waals surface area contributed by atoms with Gasteiger partial charge in [-0.1, -0.05) is 13.3 Å². The lowest BCUT2D eigenvalue weighted by atomic mass is 10.1. The third-order valence-electron chi connectivity index (χ3n) is 2.72. The van der Waals surface area contributed by atoms with Gasteiger partial charge in [-0.2, -0.15) is 0 Å². The number of methoxy groups -OCH3 is 1. The smallest absolute Gasteiger partial charge is 0.185 e. The molecule has 0 aliphatic heterocycles. The van der Waals surface area contributed by atoms with Crippen LogP contribution >= 0.6 is 0 Å². The van der Waals surface area contributed by atoms with E-state index in [-0.39, 0.29) is 0 Å². The Kier molecular flexibility index (Phi) is 3.76. The number of aromatic nitrogens is 4. The minimum Gasteiger partial charge on any atom is -0.496 e. The second kappa shape index (κ2) is 5.48. The number of nitrogens with two attached hydrogens (primary N) is 1. The first kappa shape index (κ1) is 12.3. The molecule has 0 saturated carbocycles. The molecule has 0 bridgehead atoms. The highest BCUT2D eigenvalue weighted by atomic mass is 16.5. The molecule has 6 nitrogen and oxygen atoms in total. The summed E-state index contributed by atoms with van der Waals surface area (Å²) < 4.78 is 7.10. The number of aryl methyl sites for hydroxylation is 1. The van der Waals surface area contributed by atoms with Crippen molar-refractivity contribution in [2.75, 3.05) is 12.8 Å². The molecule has 0 atom stereocenters. The van der Waals surface area contributed by atoms with Gasteiger partial charge in [-0.15, -0.1) is 5.10 Å². The molecule has 0 radical (unpaired) electrons. The van der Waals surface area contributed by atoms with Gasteiger partial charge in [-0.3, -0.25) is 0 Å². The first-order chi connectivity index (χ1) is 8.76. The Bertz CT molecular complexity index is 523. The number of benzene rings is 1. The van der Waals surface area contributed by atoms with Gasteiger partial charge >= 0.3 is 0 Å². The maximum Gasteiger partial charge on any atom is 0.185 e. The minimum atomic E-state index is 0.663. The fourth-order valence-corrected chi connectivity index (χ4v) is 1.76. The van der Waals surface area contributed by atoms with Gasteiger partial charge in [0.15, 0.2) is 5.82 Å².